The maximum atomic E-state index is 5.88. The Kier molecular flexibility index (Phi) is 4.20. The van der Waals surface area contributed by atoms with Crippen molar-refractivity contribution in [3.63, 3.8) is 0 Å². The van der Waals surface area contributed by atoms with E-state index in [1.807, 2.05) is 13.0 Å². The maximum Gasteiger partial charge on any atom is 0.224 e. The first kappa shape index (κ1) is 14.3. The lowest BCUT2D eigenvalue weighted by Gasteiger charge is -2.12. The molecule has 0 amide bonds. The van der Waals surface area contributed by atoms with E-state index in [1.165, 1.54) is 5.56 Å². The van der Waals surface area contributed by atoms with Gasteiger partial charge in [-0.25, -0.2) is 10.8 Å². The van der Waals surface area contributed by atoms with E-state index < -0.39 is 0 Å². The van der Waals surface area contributed by atoms with Gasteiger partial charge in [0.05, 0.1) is 0 Å². The minimum Gasteiger partial charge on any atom is -0.439 e. The molecule has 0 saturated heterocycles. The van der Waals surface area contributed by atoms with E-state index in [1.54, 1.807) is 13.0 Å². The van der Waals surface area contributed by atoms with E-state index in [2.05, 4.69) is 41.4 Å². The molecule has 0 spiro atoms. The number of nitrogen functional groups attached to an aromatic ring is 1. The zero-order valence-corrected chi connectivity index (χ0v) is 12.3. The molecule has 0 aliphatic heterocycles. The molecular formula is C15H20N4O. The van der Waals surface area contributed by atoms with Crippen LogP contribution in [0.1, 0.15) is 36.7 Å². The Morgan fingerprint density at radius 2 is 1.90 bits per heavy atom. The van der Waals surface area contributed by atoms with E-state index in [0.29, 0.717) is 23.4 Å². The van der Waals surface area contributed by atoms with Gasteiger partial charge in [0, 0.05) is 6.07 Å². The highest BCUT2D eigenvalue weighted by Gasteiger charge is 2.08. The molecule has 106 valence electrons. The Bertz CT molecular complexity index is 611. The third kappa shape index (κ3) is 3.24. The lowest BCUT2D eigenvalue weighted by molar-refractivity contribution is 0.456. The van der Waals surface area contributed by atoms with Gasteiger partial charge in [0.15, 0.2) is 0 Å². The fourth-order valence-electron chi connectivity index (χ4n) is 1.86. The minimum atomic E-state index is 0.450. The van der Waals surface area contributed by atoms with E-state index in [0.717, 1.165) is 11.3 Å². The molecule has 5 nitrogen and oxygen atoms in total. The summed E-state index contributed by atoms with van der Waals surface area (Å²) in [5, 5.41) is 0. The van der Waals surface area contributed by atoms with Crippen LogP contribution in [0.3, 0.4) is 0 Å². The molecule has 0 radical (unpaired) electrons. The third-order valence-electron chi connectivity index (χ3n) is 3.06. The van der Waals surface area contributed by atoms with Crippen LogP contribution in [0.5, 0.6) is 11.6 Å². The Hall–Kier alpha value is -2.14. The van der Waals surface area contributed by atoms with Crippen molar-refractivity contribution in [2.75, 3.05) is 5.43 Å². The first-order valence-electron chi connectivity index (χ1n) is 6.60. The number of anilines is 1. The molecule has 0 aliphatic carbocycles. The highest BCUT2D eigenvalue weighted by Crippen LogP contribution is 2.28. The van der Waals surface area contributed by atoms with Crippen LogP contribution in [0.25, 0.3) is 0 Å². The Morgan fingerprint density at radius 3 is 2.55 bits per heavy atom. The molecule has 1 heterocycles. The van der Waals surface area contributed by atoms with Crippen molar-refractivity contribution in [1.82, 2.24) is 9.97 Å². The number of ether oxygens (including phenoxy) is 1. The van der Waals surface area contributed by atoms with Gasteiger partial charge in [0.2, 0.25) is 5.88 Å². The molecule has 0 aliphatic rings. The topological polar surface area (TPSA) is 73.1 Å². The molecule has 0 atom stereocenters. The van der Waals surface area contributed by atoms with E-state index in [-0.39, 0.29) is 0 Å². The van der Waals surface area contributed by atoms with E-state index >= 15 is 0 Å². The van der Waals surface area contributed by atoms with Gasteiger partial charge in [-0.3, -0.25) is 0 Å². The molecule has 0 unspecified atom stereocenters. The second-order valence-corrected chi connectivity index (χ2v) is 5.06. The van der Waals surface area contributed by atoms with E-state index in [9.17, 15) is 0 Å². The van der Waals surface area contributed by atoms with Gasteiger partial charge < -0.3 is 10.2 Å². The van der Waals surface area contributed by atoms with Gasteiger partial charge in [-0.05, 0) is 37.0 Å². The van der Waals surface area contributed by atoms with Crippen molar-refractivity contribution in [1.29, 1.82) is 0 Å². The van der Waals surface area contributed by atoms with Crippen LogP contribution in [0.4, 0.5) is 5.82 Å². The summed E-state index contributed by atoms with van der Waals surface area (Å²) in [6.07, 6.45) is 0. The number of aromatic nitrogens is 2. The molecule has 0 saturated carbocycles. The molecule has 0 bridgehead atoms. The standard InChI is InChI=1S/C15H20N4O/c1-9(2)12-6-5-10(3)13(7-12)20-15-8-14(19-16)17-11(4)18-15/h5-9H,16H2,1-4H3,(H,17,18,19). The average molecular weight is 272 g/mol. The fourth-order valence-corrected chi connectivity index (χ4v) is 1.86. The largest absolute Gasteiger partial charge is 0.439 e. The first-order chi connectivity index (χ1) is 9.49. The number of hydrogen-bond donors (Lipinski definition) is 2. The number of aryl methyl sites for hydroxylation is 2. The van der Waals surface area contributed by atoms with Gasteiger partial charge in [0.1, 0.15) is 17.4 Å². The van der Waals surface area contributed by atoms with E-state index in [4.69, 9.17) is 10.6 Å². The van der Waals surface area contributed by atoms with Crippen molar-refractivity contribution >= 4 is 5.82 Å². The predicted molar refractivity (Wildman–Crippen MR) is 79.9 cm³/mol. The van der Waals surface area contributed by atoms with Crippen molar-refractivity contribution in [3.8, 4) is 11.6 Å². The molecule has 3 N–H and O–H groups in total. The predicted octanol–water partition coefficient (Wildman–Crippen LogP) is 3.29. The SMILES string of the molecule is Cc1nc(NN)cc(Oc2cc(C(C)C)ccc2C)n1. The smallest absolute Gasteiger partial charge is 0.224 e. The Labute approximate surface area is 119 Å². The number of nitrogens with one attached hydrogen (secondary N) is 1. The van der Waals surface area contributed by atoms with Crippen molar-refractivity contribution in [3.05, 3.63) is 41.2 Å². The van der Waals surface area contributed by atoms with Gasteiger partial charge in [-0.2, -0.15) is 4.98 Å². The fraction of sp³-hybridized carbons (Fsp3) is 0.333. The summed E-state index contributed by atoms with van der Waals surface area (Å²) in [5.74, 6) is 8.25. The van der Waals surface area contributed by atoms with Crippen LogP contribution in [0, 0.1) is 13.8 Å². The summed E-state index contributed by atoms with van der Waals surface area (Å²) in [7, 11) is 0. The van der Waals surface area contributed by atoms with Crippen LogP contribution in [0.2, 0.25) is 0 Å². The van der Waals surface area contributed by atoms with Crippen LogP contribution < -0.4 is 16.0 Å². The molecule has 0 fully saturated rings. The van der Waals surface area contributed by atoms with Crippen LogP contribution >= 0.6 is 0 Å². The first-order valence-corrected chi connectivity index (χ1v) is 6.60. The van der Waals surface area contributed by atoms with Crippen LogP contribution in [0.15, 0.2) is 24.3 Å². The summed E-state index contributed by atoms with van der Waals surface area (Å²) in [4.78, 5) is 8.40. The molecule has 2 rings (SSSR count). The van der Waals surface area contributed by atoms with Gasteiger partial charge >= 0.3 is 0 Å². The summed E-state index contributed by atoms with van der Waals surface area (Å²) in [6.45, 7) is 8.11. The van der Waals surface area contributed by atoms with Gasteiger partial charge in [-0.15, -0.1) is 0 Å². The summed E-state index contributed by atoms with van der Waals surface area (Å²) < 4.78 is 5.88. The van der Waals surface area contributed by atoms with Gasteiger partial charge in [0.25, 0.3) is 0 Å². The summed E-state index contributed by atoms with van der Waals surface area (Å²) in [5.41, 5.74) is 4.80. The monoisotopic (exact) mass is 272 g/mol. The van der Waals surface area contributed by atoms with Crippen LogP contribution in [-0.2, 0) is 0 Å². The number of rotatable bonds is 4. The zero-order chi connectivity index (χ0) is 14.7. The highest BCUT2D eigenvalue weighted by molar-refractivity contribution is 5.42. The van der Waals surface area contributed by atoms with Crippen molar-refractivity contribution < 1.29 is 4.74 Å². The lowest BCUT2D eigenvalue weighted by atomic mass is 10.0. The number of hydrazine groups is 1. The second-order valence-electron chi connectivity index (χ2n) is 5.06. The molecule has 2 aromatic rings. The molecular weight excluding hydrogens is 252 g/mol. The van der Waals surface area contributed by atoms with Crippen molar-refractivity contribution in [2.45, 2.75) is 33.6 Å². The Balaban J connectivity index is 2.34. The molecule has 20 heavy (non-hydrogen) atoms. The number of nitrogens with two attached hydrogens (primary N) is 1. The normalized spacial score (nSPS) is 10.7. The highest BCUT2D eigenvalue weighted by atomic mass is 16.5. The summed E-state index contributed by atoms with van der Waals surface area (Å²) in [6, 6.07) is 7.90. The number of nitrogens with zero attached hydrogens (tertiary/aromatic N) is 2. The molecule has 5 heteroatoms. The van der Waals surface area contributed by atoms with Gasteiger partial charge in [-0.1, -0.05) is 26.0 Å². The van der Waals surface area contributed by atoms with Crippen LogP contribution in [-0.4, -0.2) is 9.97 Å². The number of benzene rings is 1. The van der Waals surface area contributed by atoms with Crippen molar-refractivity contribution in [2.24, 2.45) is 5.84 Å². The lowest BCUT2D eigenvalue weighted by Crippen LogP contribution is -2.10. The average Bonchev–Trinajstić information content (AvgIpc) is 2.40. The molecule has 1 aromatic heterocycles. The number of hydrogen-bond acceptors (Lipinski definition) is 5. The second kappa shape index (κ2) is 5.88. The zero-order valence-electron chi connectivity index (χ0n) is 12.3. The maximum absolute atomic E-state index is 5.88. The minimum absolute atomic E-state index is 0.450. The third-order valence-corrected chi connectivity index (χ3v) is 3.06. The molecule has 1 aromatic carbocycles. The quantitative estimate of drug-likeness (QED) is 0.660. The summed E-state index contributed by atoms with van der Waals surface area (Å²) >= 11 is 0. The Morgan fingerprint density at radius 1 is 1.15 bits per heavy atom.